The number of carbonyl (C=O) groups excluding carboxylic acids is 1. The minimum atomic E-state index is 0.0587. The number of nitrogens with one attached hydrogen (secondary N) is 1. The first-order valence-corrected chi connectivity index (χ1v) is 9.21. The lowest BCUT2D eigenvalue weighted by molar-refractivity contribution is -0.135. The van der Waals surface area contributed by atoms with Crippen molar-refractivity contribution in [1.29, 1.82) is 0 Å². The van der Waals surface area contributed by atoms with E-state index in [9.17, 15) is 4.79 Å². The summed E-state index contributed by atoms with van der Waals surface area (Å²) in [5, 5.41) is 3.39. The molecule has 0 bridgehead atoms. The molecule has 0 saturated carbocycles. The number of ether oxygens (including phenoxy) is 1. The van der Waals surface area contributed by atoms with Crippen molar-refractivity contribution in [1.82, 2.24) is 15.2 Å². The summed E-state index contributed by atoms with van der Waals surface area (Å²) >= 11 is 0. The lowest BCUT2D eigenvalue weighted by atomic mass is 9.95. The SMILES string of the molecule is COc1ccccc1CC(C)CC(=O)N1CCNCC1c1cccnc1. The summed E-state index contributed by atoms with van der Waals surface area (Å²) in [6.07, 6.45) is 4.99. The summed E-state index contributed by atoms with van der Waals surface area (Å²) in [6.45, 7) is 4.48. The van der Waals surface area contributed by atoms with Gasteiger partial charge < -0.3 is 15.0 Å². The van der Waals surface area contributed by atoms with E-state index in [1.807, 2.05) is 41.4 Å². The molecule has 2 atom stereocenters. The molecule has 2 heterocycles. The Morgan fingerprint density at radius 3 is 2.96 bits per heavy atom. The minimum absolute atomic E-state index is 0.0587. The third-order valence-electron chi connectivity index (χ3n) is 4.92. The maximum absolute atomic E-state index is 13.0. The van der Waals surface area contributed by atoms with Crippen LogP contribution in [-0.2, 0) is 11.2 Å². The van der Waals surface area contributed by atoms with Gasteiger partial charge in [0.05, 0.1) is 13.2 Å². The van der Waals surface area contributed by atoms with Crippen LogP contribution in [0, 0.1) is 5.92 Å². The van der Waals surface area contributed by atoms with Crippen molar-refractivity contribution >= 4 is 5.91 Å². The van der Waals surface area contributed by atoms with Gasteiger partial charge in [0.1, 0.15) is 5.75 Å². The number of rotatable bonds is 6. The number of pyridine rings is 1. The Bertz CT molecular complexity index is 720. The molecule has 26 heavy (non-hydrogen) atoms. The molecule has 1 aliphatic rings. The van der Waals surface area contributed by atoms with Crippen LogP contribution < -0.4 is 10.1 Å². The number of hydrogen-bond donors (Lipinski definition) is 1. The Hall–Kier alpha value is -2.40. The zero-order valence-electron chi connectivity index (χ0n) is 15.5. The number of hydrogen-bond acceptors (Lipinski definition) is 4. The van der Waals surface area contributed by atoms with Gasteiger partial charge in [0.15, 0.2) is 0 Å². The van der Waals surface area contributed by atoms with Crippen LogP contribution in [0.4, 0.5) is 0 Å². The molecule has 5 heteroatoms. The van der Waals surface area contributed by atoms with Gasteiger partial charge in [-0.25, -0.2) is 0 Å². The van der Waals surface area contributed by atoms with Crippen LogP contribution in [0.15, 0.2) is 48.8 Å². The molecule has 2 unspecified atom stereocenters. The van der Waals surface area contributed by atoms with E-state index in [1.54, 1.807) is 13.3 Å². The predicted octanol–water partition coefficient (Wildman–Crippen LogP) is 2.83. The number of methoxy groups -OCH3 is 1. The number of amides is 1. The fraction of sp³-hybridized carbons (Fsp3) is 0.429. The summed E-state index contributed by atoms with van der Waals surface area (Å²) in [7, 11) is 1.69. The van der Waals surface area contributed by atoms with Gasteiger partial charge >= 0.3 is 0 Å². The Balaban J connectivity index is 1.65. The minimum Gasteiger partial charge on any atom is -0.496 e. The molecule has 1 aliphatic heterocycles. The largest absolute Gasteiger partial charge is 0.496 e. The molecule has 3 rings (SSSR count). The third kappa shape index (κ3) is 4.41. The normalized spacial score (nSPS) is 18.4. The molecule has 2 aromatic rings. The summed E-state index contributed by atoms with van der Waals surface area (Å²) in [5.41, 5.74) is 2.24. The van der Waals surface area contributed by atoms with Crippen molar-refractivity contribution in [3.63, 3.8) is 0 Å². The van der Waals surface area contributed by atoms with Crippen molar-refractivity contribution in [2.45, 2.75) is 25.8 Å². The van der Waals surface area contributed by atoms with E-state index in [4.69, 9.17) is 4.74 Å². The molecule has 0 spiro atoms. The van der Waals surface area contributed by atoms with E-state index in [0.29, 0.717) is 6.42 Å². The van der Waals surface area contributed by atoms with E-state index >= 15 is 0 Å². The first-order chi connectivity index (χ1) is 12.7. The lowest BCUT2D eigenvalue weighted by Crippen LogP contribution is -2.49. The molecule has 1 amide bonds. The Morgan fingerprint density at radius 2 is 2.19 bits per heavy atom. The third-order valence-corrected chi connectivity index (χ3v) is 4.92. The average Bonchev–Trinajstić information content (AvgIpc) is 2.69. The van der Waals surface area contributed by atoms with Gasteiger partial charge in [-0.15, -0.1) is 0 Å². The average molecular weight is 353 g/mol. The predicted molar refractivity (Wildman–Crippen MR) is 102 cm³/mol. The van der Waals surface area contributed by atoms with Gasteiger partial charge in [0.2, 0.25) is 5.91 Å². The zero-order valence-corrected chi connectivity index (χ0v) is 15.5. The fourth-order valence-electron chi connectivity index (χ4n) is 3.61. The van der Waals surface area contributed by atoms with Gasteiger partial charge in [-0.2, -0.15) is 0 Å². The summed E-state index contributed by atoms with van der Waals surface area (Å²) in [5.74, 6) is 1.35. The van der Waals surface area contributed by atoms with Gasteiger partial charge in [0, 0.05) is 38.4 Å². The molecular weight excluding hydrogens is 326 g/mol. The number of carbonyl (C=O) groups is 1. The monoisotopic (exact) mass is 353 g/mol. The van der Waals surface area contributed by atoms with Crippen LogP contribution in [0.2, 0.25) is 0 Å². The van der Waals surface area contributed by atoms with E-state index in [1.165, 1.54) is 0 Å². The van der Waals surface area contributed by atoms with Crippen LogP contribution in [0.25, 0.3) is 0 Å². The van der Waals surface area contributed by atoms with E-state index in [2.05, 4.69) is 23.3 Å². The van der Waals surface area contributed by atoms with Crippen LogP contribution in [0.1, 0.15) is 30.5 Å². The molecule has 0 aliphatic carbocycles. The number of nitrogens with zero attached hydrogens (tertiary/aromatic N) is 2. The van der Waals surface area contributed by atoms with Crippen LogP contribution in [0.3, 0.4) is 0 Å². The highest BCUT2D eigenvalue weighted by molar-refractivity contribution is 5.77. The van der Waals surface area contributed by atoms with Crippen molar-refractivity contribution in [3.05, 3.63) is 59.9 Å². The second-order valence-electron chi connectivity index (χ2n) is 6.92. The zero-order chi connectivity index (χ0) is 18.4. The molecule has 1 saturated heterocycles. The number of benzene rings is 1. The lowest BCUT2D eigenvalue weighted by Gasteiger charge is -2.37. The smallest absolute Gasteiger partial charge is 0.223 e. The Kier molecular flexibility index (Phi) is 6.23. The van der Waals surface area contributed by atoms with Crippen molar-refractivity contribution in [2.75, 3.05) is 26.7 Å². The van der Waals surface area contributed by atoms with Crippen LogP contribution in [0.5, 0.6) is 5.75 Å². The molecule has 0 radical (unpaired) electrons. The highest BCUT2D eigenvalue weighted by atomic mass is 16.5. The van der Waals surface area contributed by atoms with Crippen LogP contribution >= 0.6 is 0 Å². The second-order valence-corrected chi connectivity index (χ2v) is 6.92. The Morgan fingerprint density at radius 1 is 1.35 bits per heavy atom. The molecule has 1 aromatic heterocycles. The summed E-state index contributed by atoms with van der Waals surface area (Å²) in [6, 6.07) is 12.1. The van der Waals surface area contributed by atoms with Gasteiger partial charge in [-0.1, -0.05) is 31.2 Å². The summed E-state index contributed by atoms with van der Waals surface area (Å²) < 4.78 is 5.43. The van der Waals surface area contributed by atoms with E-state index < -0.39 is 0 Å². The number of piperazine rings is 1. The quantitative estimate of drug-likeness (QED) is 0.868. The number of para-hydroxylation sites is 1. The standard InChI is InChI=1S/C21H27N3O2/c1-16(12-17-6-3-4-8-20(17)26-2)13-21(25)24-11-10-23-15-19(24)18-7-5-9-22-14-18/h3-9,14,16,19,23H,10-13,15H2,1-2H3. The summed E-state index contributed by atoms with van der Waals surface area (Å²) in [4.78, 5) is 19.2. The van der Waals surface area contributed by atoms with Crippen molar-refractivity contribution in [3.8, 4) is 5.75 Å². The molecule has 1 N–H and O–H groups in total. The second kappa shape index (κ2) is 8.81. The van der Waals surface area contributed by atoms with Gasteiger partial charge in [-0.05, 0) is 35.6 Å². The van der Waals surface area contributed by atoms with Crippen molar-refractivity contribution in [2.24, 2.45) is 5.92 Å². The molecule has 5 nitrogen and oxygen atoms in total. The molecule has 138 valence electrons. The van der Waals surface area contributed by atoms with Crippen LogP contribution in [-0.4, -0.2) is 42.5 Å². The first-order valence-electron chi connectivity index (χ1n) is 9.21. The van der Waals surface area contributed by atoms with Crippen molar-refractivity contribution < 1.29 is 9.53 Å². The van der Waals surface area contributed by atoms with Gasteiger partial charge in [0.25, 0.3) is 0 Å². The maximum Gasteiger partial charge on any atom is 0.223 e. The Labute approximate surface area is 155 Å². The first kappa shape index (κ1) is 18.4. The molecule has 1 fully saturated rings. The number of aromatic nitrogens is 1. The molecular formula is C21H27N3O2. The topological polar surface area (TPSA) is 54.5 Å². The van der Waals surface area contributed by atoms with E-state index in [0.717, 1.165) is 42.9 Å². The highest BCUT2D eigenvalue weighted by Crippen LogP contribution is 2.26. The maximum atomic E-state index is 13.0. The fourth-order valence-corrected chi connectivity index (χ4v) is 3.61. The molecule has 1 aromatic carbocycles. The highest BCUT2D eigenvalue weighted by Gasteiger charge is 2.28. The van der Waals surface area contributed by atoms with E-state index in [-0.39, 0.29) is 17.9 Å². The van der Waals surface area contributed by atoms with Gasteiger partial charge in [-0.3, -0.25) is 9.78 Å².